The molecule has 2 rings (SSSR count). The van der Waals surface area contributed by atoms with Crippen molar-refractivity contribution in [3.63, 3.8) is 0 Å². The average molecular weight is 171 g/mol. The van der Waals surface area contributed by atoms with Crippen molar-refractivity contribution in [2.24, 2.45) is 5.73 Å². The summed E-state index contributed by atoms with van der Waals surface area (Å²) in [6.07, 6.45) is 3.71. The van der Waals surface area contributed by atoms with Gasteiger partial charge in [-0.1, -0.05) is 0 Å². The highest BCUT2D eigenvalue weighted by Crippen LogP contribution is 2.35. The number of rotatable bonds is 0. The Labute approximate surface area is 73.2 Å². The summed E-state index contributed by atoms with van der Waals surface area (Å²) in [6, 6.07) is 0.172. The van der Waals surface area contributed by atoms with Gasteiger partial charge in [0.2, 0.25) is 0 Å². The van der Waals surface area contributed by atoms with E-state index in [9.17, 15) is 0 Å². The molecule has 1 aliphatic heterocycles. The third-order valence-corrected chi connectivity index (χ3v) is 2.67. The Morgan fingerprint density at radius 1 is 1.25 bits per heavy atom. The van der Waals surface area contributed by atoms with E-state index >= 15 is 0 Å². The zero-order valence-corrected chi connectivity index (χ0v) is 7.75. The Hall–Kier alpha value is -0.120. The van der Waals surface area contributed by atoms with Gasteiger partial charge in [-0.3, -0.25) is 0 Å². The van der Waals surface area contributed by atoms with Crippen LogP contribution in [-0.2, 0) is 9.47 Å². The summed E-state index contributed by atoms with van der Waals surface area (Å²) in [5.74, 6) is -0.419. The summed E-state index contributed by atoms with van der Waals surface area (Å²) in [5, 5.41) is 0. The SMILES string of the molecule is CC1(C)OC2[C@H](N)CCC[C@H]2O1. The van der Waals surface area contributed by atoms with Crippen LogP contribution in [0.2, 0.25) is 0 Å². The molecule has 3 atom stereocenters. The number of hydrogen-bond acceptors (Lipinski definition) is 3. The third-order valence-electron chi connectivity index (χ3n) is 2.67. The van der Waals surface area contributed by atoms with Crippen molar-refractivity contribution in [2.75, 3.05) is 0 Å². The maximum atomic E-state index is 5.94. The lowest BCUT2D eigenvalue weighted by Crippen LogP contribution is -2.44. The first kappa shape index (κ1) is 8.48. The van der Waals surface area contributed by atoms with Gasteiger partial charge in [-0.2, -0.15) is 0 Å². The van der Waals surface area contributed by atoms with E-state index < -0.39 is 5.79 Å². The fourth-order valence-electron chi connectivity index (χ4n) is 2.17. The van der Waals surface area contributed by atoms with Crippen molar-refractivity contribution in [1.82, 2.24) is 0 Å². The number of nitrogens with two attached hydrogens (primary N) is 1. The second-order valence-corrected chi connectivity index (χ2v) is 4.23. The van der Waals surface area contributed by atoms with E-state index in [-0.39, 0.29) is 18.2 Å². The normalized spacial score (nSPS) is 45.8. The molecule has 1 heterocycles. The van der Waals surface area contributed by atoms with Gasteiger partial charge in [-0.25, -0.2) is 0 Å². The monoisotopic (exact) mass is 171 g/mol. The molecular weight excluding hydrogens is 154 g/mol. The van der Waals surface area contributed by atoms with Gasteiger partial charge in [-0.15, -0.1) is 0 Å². The van der Waals surface area contributed by atoms with E-state index in [0.29, 0.717) is 0 Å². The van der Waals surface area contributed by atoms with Crippen molar-refractivity contribution in [3.05, 3.63) is 0 Å². The second-order valence-electron chi connectivity index (χ2n) is 4.23. The lowest BCUT2D eigenvalue weighted by Gasteiger charge is -2.27. The van der Waals surface area contributed by atoms with E-state index in [0.717, 1.165) is 12.8 Å². The highest BCUT2D eigenvalue weighted by molar-refractivity contribution is 4.92. The zero-order chi connectivity index (χ0) is 8.77. The molecule has 2 aliphatic rings. The van der Waals surface area contributed by atoms with Crippen molar-refractivity contribution >= 4 is 0 Å². The minimum atomic E-state index is -0.419. The Kier molecular flexibility index (Phi) is 1.90. The van der Waals surface area contributed by atoms with E-state index in [4.69, 9.17) is 15.2 Å². The topological polar surface area (TPSA) is 44.5 Å². The Morgan fingerprint density at radius 3 is 2.67 bits per heavy atom. The molecule has 1 aliphatic carbocycles. The van der Waals surface area contributed by atoms with Gasteiger partial charge in [0.1, 0.15) is 6.10 Å². The molecule has 0 aromatic carbocycles. The fourth-order valence-corrected chi connectivity index (χ4v) is 2.17. The smallest absolute Gasteiger partial charge is 0.163 e. The van der Waals surface area contributed by atoms with Crippen LogP contribution in [-0.4, -0.2) is 24.0 Å². The highest BCUT2D eigenvalue weighted by atomic mass is 16.8. The fraction of sp³-hybridized carbons (Fsp3) is 1.00. The van der Waals surface area contributed by atoms with Crippen molar-refractivity contribution in [1.29, 1.82) is 0 Å². The van der Waals surface area contributed by atoms with Crippen LogP contribution >= 0.6 is 0 Å². The molecule has 0 aromatic heterocycles. The van der Waals surface area contributed by atoms with Crippen molar-refractivity contribution in [3.8, 4) is 0 Å². The van der Waals surface area contributed by atoms with E-state index in [2.05, 4.69) is 0 Å². The standard InChI is InChI=1S/C9H17NO2/c1-9(2)11-7-5-3-4-6(10)8(7)12-9/h6-8H,3-5,10H2,1-2H3/t6-,7-,8?/m1/s1. The highest BCUT2D eigenvalue weighted by Gasteiger charge is 2.45. The molecule has 12 heavy (non-hydrogen) atoms. The summed E-state index contributed by atoms with van der Waals surface area (Å²) in [7, 11) is 0. The van der Waals surface area contributed by atoms with E-state index in [1.54, 1.807) is 0 Å². The molecule has 70 valence electrons. The van der Waals surface area contributed by atoms with Crippen LogP contribution in [0.5, 0.6) is 0 Å². The maximum Gasteiger partial charge on any atom is 0.163 e. The summed E-state index contributed by atoms with van der Waals surface area (Å²) >= 11 is 0. The lowest BCUT2D eigenvalue weighted by atomic mass is 9.91. The van der Waals surface area contributed by atoms with Gasteiger partial charge in [-0.05, 0) is 33.1 Å². The van der Waals surface area contributed by atoms with Crippen LogP contribution in [0.4, 0.5) is 0 Å². The van der Waals surface area contributed by atoms with Gasteiger partial charge in [0, 0.05) is 6.04 Å². The van der Waals surface area contributed by atoms with Crippen LogP contribution in [0.1, 0.15) is 33.1 Å². The zero-order valence-electron chi connectivity index (χ0n) is 7.75. The molecule has 0 amide bonds. The minimum Gasteiger partial charge on any atom is -0.345 e. The quantitative estimate of drug-likeness (QED) is 0.591. The van der Waals surface area contributed by atoms with Gasteiger partial charge in [0.15, 0.2) is 5.79 Å². The maximum absolute atomic E-state index is 5.94. The number of ether oxygens (including phenoxy) is 2. The molecule has 0 aromatic rings. The summed E-state index contributed by atoms with van der Waals surface area (Å²) in [5.41, 5.74) is 5.94. The number of fused-ring (bicyclic) bond motifs is 1. The molecule has 2 fully saturated rings. The molecule has 0 radical (unpaired) electrons. The van der Waals surface area contributed by atoms with Crippen molar-refractivity contribution in [2.45, 2.75) is 57.1 Å². The predicted molar refractivity (Wildman–Crippen MR) is 45.7 cm³/mol. The summed E-state index contributed by atoms with van der Waals surface area (Å²) in [6.45, 7) is 3.91. The van der Waals surface area contributed by atoms with Crippen LogP contribution in [0.15, 0.2) is 0 Å². The van der Waals surface area contributed by atoms with Gasteiger partial charge >= 0.3 is 0 Å². The Morgan fingerprint density at radius 2 is 2.00 bits per heavy atom. The molecule has 0 spiro atoms. The van der Waals surface area contributed by atoms with Crippen molar-refractivity contribution < 1.29 is 9.47 Å². The first-order valence-electron chi connectivity index (χ1n) is 4.70. The average Bonchev–Trinajstić information content (AvgIpc) is 2.25. The van der Waals surface area contributed by atoms with E-state index in [1.165, 1.54) is 6.42 Å². The molecule has 3 nitrogen and oxygen atoms in total. The summed E-state index contributed by atoms with van der Waals surface area (Å²) in [4.78, 5) is 0. The third kappa shape index (κ3) is 1.37. The van der Waals surface area contributed by atoms with E-state index in [1.807, 2.05) is 13.8 Å². The number of hydrogen-bond donors (Lipinski definition) is 1. The first-order valence-corrected chi connectivity index (χ1v) is 4.70. The van der Waals surface area contributed by atoms with Gasteiger partial charge in [0.25, 0.3) is 0 Å². The molecule has 1 saturated carbocycles. The molecular formula is C9H17NO2. The molecule has 1 unspecified atom stereocenters. The van der Waals surface area contributed by atoms with Crippen LogP contribution in [0.3, 0.4) is 0 Å². The Balaban J connectivity index is 2.09. The van der Waals surface area contributed by atoms with Crippen LogP contribution in [0, 0.1) is 0 Å². The largest absolute Gasteiger partial charge is 0.345 e. The minimum absolute atomic E-state index is 0.133. The lowest BCUT2D eigenvalue weighted by molar-refractivity contribution is -0.146. The molecule has 3 heteroatoms. The summed E-state index contributed by atoms with van der Waals surface area (Å²) < 4.78 is 11.4. The molecule has 2 N–H and O–H groups in total. The molecule has 0 bridgehead atoms. The second kappa shape index (κ2) is 2.69. The van der Waals surface area contributed by atoms with Gasteiger partial charge < -0.3 is 15.2 Å². The Bertz CT molecular complexity index is 181. The molecule has 1 saturated heterocycles. The van der Waals surface area contributed by atoms with Crippen LogP contribution in [0.25, 0.3) is 0 Å². The first-order chi connectivity index (χ1) is 5.58. The van der Waals surface area contributed by atoms with Crippen LogP contribution < -0.4 is 5.73 Å². The predicted octanol–water partition coefficient (Wildman–Crippen LogP) is 1.02. The van der Waals surface area contributed by atoms with Gasteiger partial charge in [0.05, 0.1) is 6.10 Å².